The van der Waals surface area contributed by atoms with Gasteiger partial charge in [0.1, 0.15) is 5.82 Å². The first-order valence-corrected chi connectivity index (χ1v) is 9.10. The second-order valence-corrected chi connectivity index (χ2v) is 7.10. The number of hydrogen-bond acceptors (Lipinski definition) is 4. The predicted octanol–water partition coefficient (Wildman–Crippen LogP) is 2.19. The van der Waals surface area contributed by atoms with Crippen LogP contribution in [0.25, 0.3) is 11.0 Å². The average Bonchev–Trinajstić information content (AvgIpc) is 3.20. The topological polar surface area (TPSA) is 78.8 Å². The number of benzene rings is 1. The Kier molecular flexibility index (Phi) is 4.71. The fourth-order valence-electron chi connectivity index (χ4n) is 3.73. The van der Waals surface area contributed by atoms with Crippen LogP contribution < -0.4 is 5.32 Å². The number of para-hydroxylation sites is 2. The van der Waals surface area contributed by atoms with Gasteiger partial charge in [-0.15, -0.1) is 0 Å². The van der Waals surface area contributed by atoms with Crippen molar-refractivity contribution in [1.82, 2.24) is 24.6 Å². The molecule has 1 aliphatic rings. The summed E-state index contributed by atoms with van der Waals surface area (Å²) in [5.41, 5.74) is 2.85. The lowest BCUT2D eigenvalue weighted by Crippen LogP contribution is -2.41. The minimum Gasteiger partial charge on any atom is -0.342 e. The third-order valence-electron chi connectivity index (χ3n) is 4.88. The van der Waals surface area contributed by atoms with Crippen LogP contribution in [0, 0.1) is 5.92 Å². The normalized spacial score (nSPS) is 18.3. The van der Waals surface area contributed by atoms with Crippen LogP contribution in [0.3, 0.4) is 0 Å². The Hall–Kier alpha value is -2.67. The molecule has 0 radical (unpaired) electrons. The largest absolute Gasteiger partial charge is 0.342 e. The quantitative estimate of drug-likeness (QED) is 0.738. The molecule has 4 rings (SSSR count). The molecule has 7 nitrogen and oxygen atoms in total. The van der Waals surface area contributed by atoms with E-state index >= 15 is 0 Å². The van der Waals surface area contributed by atoms with Crippen molar-refractivity contribution in [3.05, 3.63) is 42.5 Å². The Morgan fingerprint density at radius 1 is 1.38 bits per heavy atom. The third-order valence-corrected chi connectivity index (χ3v) is 4.88. The summed E-state index contributed by atoms with van der Waals surface area (Å²) in [5, 5.41) is 6.98. The molecule has 3 heterocycles. The number of anilines is 1. The number of carbonyl (C=O) groups excluding carboxylic acids is 1. The first-order chi connectivity index (χ1) is 12.7. The molecule has 0 unspecified atom stereocenters. The smallest absolute Gasteiger partial charge is 0.238 e. The van der Waals surface area contributed by atoms with E-state index in [9.17, 15) is 4.79 Å². The molecule has 1 aliphatic heterocycles. The van der Waals surface area contributed by atoms with Gasteiger partial charge < -0.3 is 10.3 Å². The molecule has 1 amide bonds. The van der Waals surface area contributed by atoms with Crippen molar-refractivity contribution in [2.45, 2.75) is 19.3 Å². The molecule has 3 aromatic rings. The predicted molar refractivity (Wildman–Crippen MR) is 101 cm³/mol. The fraction of sp³-hybridized carbons (Fsp3) is 0.421. The van der Waals surface area contributed by atoms with Gasteiger partial charge in [-0.05, 0) is 37.4 Å². The number of piperidine rings is 1. The molecule has 1 saturated heterocycles. The highest BCUT2D eigenvalue weighted by molar-refractivity contribution is 5.91. The van der Waals surface area contributed by atoms with Crippen molar-refractivity contribution in [1.29, 1.82) is 0 Å². The van der Waals surface area contributed by atoms with Crippen molar-refractivity contribution in [2.24, 2.45) is 13.0 Å². The minimum atomic E-state index is 0.0161. The Bertz CT molecular complexity index is 865. The van der Waals surface area contributed by atoms with Gasteiger partial charge in [0, 0.05) is 26.2 Å². The van der Waals surface area contributed by atoms with Gasteiger partial charge >= 0.3 is 0 Å². The maximum Gasteiger partial charge on any atom is 0.238 e. The van der Waals surface area contributed by atoms with Crippen molar-refractivity contribution in [3.8, 4) is 0 Å². The SMILES string of the molecule is Cn1cc(NC(=O)CN2CCC[C@@H](Cc3nc4ccccc4[nH]3)C2)cn1. The van der Waals surface area contributed by atoms with E-state index in [-0.39, 0.29) is 5.91 Å². The number of hydrogen-bond donors (Lipinski definition) is 2. The molecule has 136 valence electrons. The zero-order valence-corrected chi connectivity index (χ0v) is 15.0. The van der Waals surface area contributed by atoms with E-state index in [0.29, 0.717) is 12.5 Å². The van der Waals surface area contributed by atoms with Crippen molar-refractivity contribution < 1.29 is 4.79 Å². The van der Waals surface area contributed by atoms with Crippen molar-refractivity contribution in [2.75, 3.05) is 25.0 Å². The van der Waals surface area contributed by atoms with Crippen LogP contribution in [0.15, 0.2) is 36.7 Å². The lowest BCUT2D eigenvalue weighted by atomic mass is 9.94. The summed E-state index contributed by atoms with van der Waals surface area (Å²) in [6, 6.07) is 8.12. The van der Waals surface area contributed by atoms with Crippen LogP contribution in [-0.4, -0.2) is 50.2 Å². The van der Waals surface area contributed by atoms with Crippen LogP contribution in [0.1, 0.15) is 18.7 Å². The summed E-state index contributed by atoms with van der Waals surface area (Å²) in [7, 11) is 1.84. The first kappa shape index (κ1) is 16.8. The highest BCUT2D eigenvalue weighted by Crippen LogP contribution is 2.21. The number of amides is 1. The summed E-state index contributed by atoms with van der Waals surface area (Å²) in [6.07, 6.45) is 6.69. The number of fused-ring (bicyclic) bond motifs is 1. The summed E-state index contributed by atoms with van der Waals surface area (Å²) >= 11 is 0. The number of nitrogens with one attached hydrogen (secondary N) is 2. The Labute approximate surface area is 152 Å². The van der Waals surface area contributed by atoms with Crippen LogP contribution in [0.5, 0.6) is 0 Å². The number of carbonyl (C=O) groups is 1. The van der Waals surface area contributed by atoms with E-state index in [1.165, 1.54) is 6.42 Å². The third kappa shape index (κ3) is 3.94. The van der Waals surface area contributed by atoms with Gasteiger partial charge in [0.2, 0.25) is 5.91 Å². The van der Waals surface area contributed by atoms with Crippen molar-refractivity contribution in [3.63, 3.8) is 0 Å². The summed E-state index contributed by atoms with van der Waals surface area (Å²) in [5.74, 6) is 1.58. The van der Waals surface area contributed by atoms with E-state index < -0.39 is 0 Å². The summed E-state index contributed by atoms with van der Waals surface area (Å²) in [6.45, 7) is 2.32. The second kappa shape index (κ2) is 7.29. The molecule has 1 aromatic carbocycles. The monoisotopic (exact) mass is 352 g/mol. The summed E-state index contributed by atoms with van der Waals surface area (Å²) in [4.78, 5) is 22.6. The van der Waals surface area contributed by atoms with Gasteiger partial charge in [0.05, 0.1) is 29.5 Å². The summed E-state index contributed by atoms with van der Waals surface area (Å²) < 4.78 is 1.68. The zero-order valence-electron chi connectivity index (χ0n) is 15.0. The molecule has 0 saturated carbocycles. The van der Waals surface area contributed by atoms with E-state index in [2.05, 4.69) is 31.3 Å². The Morgan fingerprint density at radius 3 is 3.08 bits per heavy atom. The van der Waals surface area contributed by atoms with Gasteiger partial charge in [-0.2, -0.15) is 5.10 Å². The molecule has 2 N–H and O–H groups in total. The van der Waals surface area contributed by atoms with E-state index in [1.54, 1.807) is 17.1 Å². The molecular weight excluding hydrogens is 328 g/mol. The Balaban J connectivity index is 1.32. The molecule has 1 atom stereocenters. The van der Waals surface area contributed by atoms with Gasteiger partial charge in [-0.3, -0.25) is 14.4 Å². The van der Waals surface area contributed by atoms with Crippen LogP contribution >= 0.6 is 0 Å². The second-order valence-electron chi connectivity index (χ2n) is 7.10. The van der Waals surface area contributed by atoms with Gasteiger partial charge in [-0.1, -0.05) is 12.1 Å². The number of imidazole rings is 1. The maximum atomic E-state index is 12.3. The number of H-pyrrole nitrogens is 1. The number of aryl methyl sites for hydroxylation is 1. The van der Waals surface area contributed by atoms with E-state index in [0.717, 1.165) is 48.5 Å². The van der Waals surface area contributed by atoms with Gasteiger partial charge in [0.25, 0.3) is 0 Å². The van der Waals surface area contributed by atoms with Gasteiger partial charge in [0.15, 0.2) is 0 Å². The molecule has 0 spiro atoms. The standard InChI is InChI=1S/C19H24N6O/c1-24-12-15(10-20-24)21-19(26)13-25-8-4-5-14(11-25)9-18-22-16-6-2-3-7-17(16)23-18/h2-3,6-7,10,12,14H,4-5,8-9,11,13H2,1H3,(H,21,26)(H,22,23)/t14-/m0/s1. The minimum absolute atomic E-state index is 0.0161. The van der Waals surface area contributed by atoms with Crippen molar-refractivity contribution >= 4 is 22.6 Å². The zero-order chi connectivity index (χ0) is 17.9. The molecule has 1 fully saturated rings. The molecule has 7 heteroatoms. The van der Waals surface area contributed by atoms with E-state index in [1.807, 2.05) is 25.2 Å². The average molecular weight is 352 g/mol. The number of aromatic amines is 1. The molecular formula is C19H24N6O. The number of likely N-dealkylation sites (tertiary alicyclic amines) is 1. The van der Waals surface area contributed by atoms with E-state index in [4.69, 9.17) is 0 Å². The highest BCUT2D eigenvalue weighted by atomic mass is 16.2. The fourth-order valence-corrected chi connectivity index (χ4v) is 3.73. The molecule has 0 aliphatic carbocycles. The maximum absolute atomic E-state index is 12.3. The number of rotatable bonds is 5. The molecule has 0 bridgehead atoms. The van der Waals surface area contributed by atoms with Crippen LogP contribution in [-0.2, 0) is 18.3 Å². The molecule has 26 heavy (non-hydrogen) atoms. The number of nitrogens with zero attached hydrogens (tertiary/aromatic N) is 4. The van der Waals surface area contributed by atoms with Crippen LogP contribution in [0.2, 0.25) is 0 Å². The lowest BCUT2D eigenvalue weighted by molar-refractivity contribution is -0.117. The first-order valence-electron chi connectivity index (χ1n) is 9.10. The van der Waals surface area contributed by atoms with Gasteiger partial charge in [-0.25, -0.2) is 4.98 Å². The highest BCUT2D eigenvalue weighted by Gasteiger charge is 2.23. The van der Waals surface area contributed by atoms with Crippen LogP contribution in [0.4, 0.5) is 5.69 Å². The number of aromatic nitrogens is 4. The molecule has 2 aromatic heterocycles. The Morgan fingerprint density at radius 2 is 2.27 bits per heavy atom. The lowest BCUT2D eigenvalue weighted by Gasteiger charge is -2.31.